The van der Waals surface area contributed by atoms with Crippen LogP contribution in [0.5, 0.6) is 11.5 Å². The lowest BCUT2D eigenvalue weighted by Gasteiger charge is -2.42. The fourth-order valence-electron chi connectivity index (χ4n) is 3.24. The molecule has 1 saturated heterocycles. The molecule has 2 aliphatic rings. The Morgan fingerprint density at radius 2 is 2.16 bits per heavy atom. The van der Waals surface area contributed by atoms with Crippen molar-refractivity contribution in [2.75, 3.05) is 19.9 Å². The normalized spacial score (nSPS) is 21.4. The Morgan fingerprint density at radius 3 is 2.96 bits per heavy atom. The second kappa shape index (κ2) is 6.00. The SMILES string of the molecule is CC1(C)CN(C(=O)c2csc(-c3ccc4c(c3)OCO4)n2)CCC1N. The average molecular weight is 359 g/mol. The number of nitrogens with zero attached hydrogens (tertiary/aromatic N) is 2. The van der Waals surface area contributed by atoms with Crippen molar-refractivity contribution in [2.45, 2.75) is 26.3 Å². The van der Waals surface area contributed by atoms with E-state index in [2.05, 4.69) is 18.8 Å². The van der Waals surface area contributed by atoms with Crippen molar-refractivity contribution in [3.63, 3.8) is 0 Å². The molecule has 7 heteroatoms. The first-order valence-electron chi connectivity index (χ1n) is 8.34. The third-order valence-corrected chi connectivity index (χ3v) is 5.83. The van der Waals surface area contributed by atoms with E-state index in [1.807, 2.05) is 28.5 Å². The first-order valence-corrected chi connectivity index (χ1v) is 9.22. The van der Waals surface area contributed by atoms with E-state index in [0.29, 0.717) is 24.5 Å². The lowest BCUT2D eigenvalue weighted by atomic mass is 9.79. The number of ether oxygens (including phenoxy) is 2. The van der Waals surface area contributed by atoms with Gasteiger partial charge in [-0.25, -0.2) is 4.98 Å². The van der Waals surface area contributed by atoms with Gasteiger partial charge in [0.05, 0.1) is 0 Å². The van der Waals surface area contributed by atoms with Crippen LogP contribution >= 0.6 is 11.3 Å². The Balaban J connectivity index is 1.54. The summed E-state index contributed by atoms with van der Waals surface area (Å²) >= 11 is 1.46. The number of hydrogen-bond acceptors (Lipinski definition) is 6. The summed E-state index contributed by atoms with van der Waals surface area (Å²) in [7, 11) is 0. The van der Waals surface area contributed by atoms with Gasteiger partial charge in [-0.1, -0.05) is 13.8 Å². The summed E-state index contributed by atoms with van der Waals surface area (Å²) in [6.45, 7) is 5.80. The van der Waals surface area contributed by atoms with E-state index < -0.39 is 0 Å². The van der Waals surface area contributed by atoms with Gasteiger partial charge in [0.25, 0.3) is 5.91 Å². The van der Waals surface area contributed by atoms with Crippen LogP contribution in [0.15, 0.2) is 23.6 Å². The number of carbonyl (C=O) groups is 1. The zero-order valence-electron chi connectivity index (χ0n) is 14.3. The second-order valence-electron chi connectivity index (χ2n) is 7.22. The minimum atomic E-state index is -0.0793. The van der Waals surface area contributed by atoms with E-state index >= 15 is 0 Å². The molecule has 0 spiro atoms. The summed E-state index contributed by atoms with van der Waals surface area (Å²) in [5.74, 6) is 1.43. The van der Waals surface area contributed by atoms with Crippen molar-refractivity contribution < 1.29 is 14.3 Å². The Morgan fingerprint density at radius 1 is 1.36 bits per heavy atom. The number of hydrogen-bond donors (Lipinski definition) is 1. The van der Waals surface area contributed by atoms with Gasteiger partial charge in [-0.2, -0.15) is 0 Å². The third-order valence-electron chi connectivity index (χ3n) is 4.94. The van der Waals surface area contributed by atoms with Crippen molar-refractivity contribution in [2.24, 2.45) is 11.1 Å². The van der Waals surface area contributed by atoms with Crippen LogP contribution in [0.2, 0.25) is 0 Å². The number of carbonyl (C=O) groups excluding carboxylic acids is 1. The Bertz CT molecular complexity index is 818. The van der Waals surface area contributed by atoms with Crippen molar-refractivity contribution in [1.82, 2.24) is 9.88 Å². The first-order chi connectivity index (χ1) is 11.9. The Hall–Kier alpha value is -2.12. The van der Waals surface area contributed by atoms with Gasteiger partial charge in [-0.05, 0) is 30.0 Å². The van der Waals surface area contributed by atoms with Crippen molar-refractivity contribution >= 4 is 17.2 Å². The Labute approximate surface area is 150 Å². The molecule has 2 aliphatic heterocycles. The number of aromatic nitrogens is 1. The molecule has 1 unspecified atom stereocenters. The molecule has 0 bridgehead atoms. The Kier molecular flexibility index (Phi) is 3.92. The molecule has 1 aromatic heterocycles. The minimum Gasteiger partial charge on any atom is -0.454 e. The highest BCUT2D eigenvalue weighted by Crippen LogP contribution is 2.37. The molecule has 4 rings (SSSR count). The lowest BCUT2D eigenvalue weighted by Crippen LogP contribution is -2.54. The second-order valence-corrected chi connectivity index (χ2v) is 8.07. The lowest BCUT2D eigenvalue weighted by molar-refractivity contribution is 0.0528. The molecular formula is C18H21N3O3S. The predicted octanol–water partition coefficient (Wildman–Crippen LogP) is 2.74. The third kappa shape index (κ3) is 2.98. The number of piperidine rings is 1. The number of likely N-dealkylation sites (tertiary alicyclic amines) is 1. The topological polar surface area (TPSA) is 77.7 Å². The van der Waals surface area contributed by atoms with Crippen LogP contribution in [0.1, 0.15) is 30.8 Å². The molecule has 1 atom stereocenters. The van der Waals surface area contributed by atoms with Gasteiger partial charge in [0, 0.05) is 30.1 Å². The molecule has 3 heterocycles. The molecule has 1 aromatic carbocycles. The largest absolute Gasteiger partial charge is 0.454 e. The summed E-state index contributed by atoms with van der Waals surface area (Å²) in [6, 6.07) is 5.83. The monoisotopic (exact) mass is 359 g/mol. The fourth-order valence-corrected chi connectivity index (χ4v) is 4.03. The maximum absolute atomic E-state index is 12.8. The average Bonchev–Trinajstić information content (AvgIpc) is 3.24. The van der Waals surface area contributed by atoms with Crippen LogP contribution in [0.3, 0.4) is 0 Å². The van der Waals surface area contributed by atoms with E-state index in [1.54, 1.807) is 0 Å². The number of rotatable bonds is 2. The smallest absolute Gasteiger partial charge is 0.273 e. The van der Waals surface area contributed by atoms with Gasteiger partial charge in [0.15, 0.2) is 11.5 Å². The van der Waals surface area contributed by atoms with E-state index in [4.69, 9.17) is 15.2 Å². The molecule has 132 valence electrons. The highest BCUT2D eigenvalue weighted by molar-refractivity contribution is 7.13. The molecule has 0 aliphatic carbocycles. The molecule has 2 aromatic rings. The van der Waals surface area contributed by atoms with Gasteiger partial charge in [-0.3, -0.25) is 4.79 Å². The molecule has 2 N–H and O–H groups in total. The fraction of sp³-hybridized carbons (Fsp3) is 0.444. The number of benzene rings is 1. The number of thiazole rings is 1. The number of amides is 1. The van der Waals surface area contributed by atoms with Crippen molar-refractivity contribution in [3.05, 3.63) is 29.3 Å². The highest BCUT2D eigenvalue weighted by Gasteiger charge is 2.36. The van der Waals surface area contributed by atoms with Gasteiger partial charge in [0.2, 0.25) is 6.79 Å². The summed E-state index contributed by atoms with van der Waals surface area (Å²) in [5.41, 5.74) is 7.50. The van der Waals surface area contributed by atoms with E-state index in [0.717, 1.165) is 22.7 Å². The van der Waals surface area contributed by atoms with E-state index in [9.17, 15) is 4.79 Å². The summed E-state index contributed by atoms with van der Waals surface area (Å²) in [6.07, 6.45) is 0.817. The molecule has 25 heavy (non-hydrogen) atoms. The van der Waals surface area contributed by atoms with Gasteiger partial charge >= 0.3 is 0 Å². The first kappa shape index (κ1) is 16.4. The maximum Gasteiger partial charge on any atom is 0.273 e. The molecule has 0 radical (unpaired) electrons. The van der Waals surface area contributed by atoms with Crippen LogP contribution < -0.4 is 15.2 Å². The molecular weight excluding hydrogens is 338 g/mol. The maximum atomic E-state index is 12.8. The summed E-state index contributed by atoms with van der Waals surface area (Å²) in [4.78, 5) is 19.2. The van der Waals surface area contributed by atoms with Gasteiger partial charge < -0.3 is 20.1 Å². The summed E-state index contributed by atoms with van der Waals surface area (Å²) in [5, 5.41) is 2.62. The molecule has 1 fully saturated rings. The molecule has 6 nitrogen and oxygen atoms in total. The highest BCUT2D eigenvalue weighted by atomic mass is 32.1. The van der Waals surface area contributed by atoms with Gasteiger partial charge in [-0.15, -0.1) is 11.3 Å². The van der Waals surface area contributed by atoms with Crippen LogP contribution in [0.4, 0.5) is 0 Å². The van der Waals surface area contributed by atoms with Crippen LogP contribution in [0, 0.1) is 5.41 Å². The van der Waals surface area contributed by atoms with Crippen molar-refractivity contribution in [1.29, 1.82) is 0 Å². The van der Waals surface area contributed by atoms with E-state index in [-0.39, 0.29) is 24.2 Å². The number of fused-ring (bicyclic) bond motifs is 1. The summed E-state index contributed by atoms with van der Waals surface area (Å²) < 4.78 is 10.7. The zero-order valence-corrected chi connectivity index (χ0v) is 15.1. The van der Waals surface area contributed by atoms with Crippen LogP contribution in [-0.4, -0.2) is 41.7 Å². The predicted molar refractivity (Wildman–Crippen MR) is 95.9 cm³/mol. The van der Waals surface area contributed by atoms with Crippen molar-refractivity contribution in [3.8, 4) is 22.1 Å². The van der Waals surface area contributed by atoms with Crippen LogP contribution in [0.25, 0.3) is 10.6 Å². The number of nitrogens with two attached hydrogens (primary N) is 1. The van der Waals surface area contributed by atoms with Crippen LogP contribution in [-0.2, 0) is 0 Å². The van der Waals surface area contributed by atoms with E-state index in [1.165, 1.54) is 11.3 Å². The van der Waals surface area contributed by atoms with Gasteiger partial charge in [0.1, 0.15) is 10.7 Å². The zero-order chi connectivity index (χ0) is 17.6. The molecule has 0 saturated carbocycles. The molecule has 1 amide bonds. The standard InChI is InChI=1S/C18H21N3O3S/c1-18(2)9-21(6-5-15(18)19)17(22)12-8-25-16(20-12)11-3-4-13-14(7-11)24-10-23-13/h3-4,7-8,15H,5-6,9-10,19H2,1-2H3. The minimum absolute atomic E-state index is 0.0248. The quantitative estimate of drug-likeness (QED) is 0.892.